The number of fused-ring (bicyclic) bond motifs is 5. The predicted octanol–water partition coefficient (Wildman–Crippen LogP) is 6.16. The molecule has 0 bridgehead atoms. The van der Waals surface area contributed by atoms with Gasteiger partial charge in [-0.25, -0.2) is 4.39 Å². The van der Waals surface area contributed by atoms with Gasteiger partial charge in [0, 0.05) is 28.3 Å². The van der Waals surface area contributed by atoms with E-state index >= 15 is 4.39 Å². The SMILES string of the molecule is COc1ccc(OC)c(C2C(C(=O)c3ccccc3F)N3c4ccccc4C=CC3C23C(=O)c2ccccc2C3=O)c1. The van der Waals surface area contributed by atoms with E-state index in [1.807, 2.05) is 41.3 Å². The normalized spacial score (nSPS) is 21.2. The lowest BCUT2D eigenvalue weighted by atomic mass is 9.64. The van der Waals surface area contributed by atoms with Crippen LogP contribution in [0.2, 0.25) is 0 Å². The van der Waals surface area contributed by atoms with Gasteiger partial charge in [-0.1, -0.05) is 66.7 Å². The van der Waals surface area contributed by atoms with Gasteiger partial charge in [0.2, 0.25) is 0 Å². The number of rotatable bonds is 5. The van der Waals surface area contributed by atoms with Crippen LogP contribution < -0.4 is 14.4 Å². The number of para-hydroxylation sites is 1. The van der Waals surface area contributed by atoms with Gasteiger partial charge in [0.15, 0.2) is 17.3 Å². The van der Waals surface area contributed by atoms with E-state index < -0.39 is 35.0 Å². The zero-order chi connectivity index (χ0) is 29.2. The number of ether oxygens (including phenoxy) is 2. The van der Waals surface area contributed by atoms with Crippen molar-refractivity contribution in [2.75, 3.05) is 19.1 Å². The van der Waals surface area contributed by atoms with Crippen molar-refractivity contribution in [1.82, 2.24) is 0 Å². The van der Waals surface area contributed by atoms with E-state index in [9.17, 15) is 14.4 Å². The summed E-state index contributed by atoms with van der Waals surface area (Å²) in [5.74, 6) is -2.16. The monoisotopic (exact) mass is 559 g/mol. The molecule has 7 heteroatoms. The van der Waals surface area contributed by atoms with Crippen molar-refractivity contribution in [1.29, 1.82) is 0 Å². The Bertz CT molecular complexity index is 1790. The molecule has 6 nitrogen and oxygen atoms in total. The van der Waals surface area contributed by atoms with Crippen molar-refractivity contribution in [3.05, 3.63) is 131 Å². The molecule has 3 unspecified atom stereocenters. The van der Waals surface area contributed by atoms with Gasteiger partial charge in [-0.05, 0) is 42.0 Å². The molecule has 4 aromatic rings. The number of carbonyl (C=O) groups is 3. The minimum Gasteiger partial charge on any atom is -0.497 e. The van der Waals surface area contributed by atoms with E-state index in [1.165, 1.54) is 32.4 Å². The first-order valence-electron chi connectivity index (χ1n) is 13.7. The Balaban J connectivity index is 1.60. The summed E-state index contributed by atoms with van der Waals surface area (Å²) in [5.41, 5.74) is 0.720. The molecule has 7 rings (SSSR count). The Morgan fingerprint density at radius 3 is 2.19 bits per heavy atom. The third-order valence-electron chi connectivity index (χ3n) is 8.89. The molecule has 1 aliphatic carbocycles. The number of anilines is 1. The van der Waals surface area contributed by atoms with Gasteiger partial charge in [-0.15, -0.1) is 0 Å². The molecule has 0 amide bonds. The number of benzene rings is 4. The zero-order valence-corrected chi connectivity index (χ0v) is 22.9. The van der Waals surface area contributed by atoms with E-state index in [-0.39, 0.29) is 17.1 Å². The number of carbonyl (C=O) groups excluding carboxylic acids is 3. The van der Waals surface area contributed by atoms with Crippen LogP contribution in [0.1, 0.15) is 48.1 Å². The number of methoxy groups -OCH3 is 2. The maximum absolute atomic E-state index is 15.3. The molecule has 2 heterocycles. The maximum atomic E-state index is 15.3. The topological polar surface area (TPSA) is 72.9 Å². The Labute approximate surface area is 242 Å². The highest BCUT2D eigenvalue weighted by molar-refractivity contribution is 6.32. The summed E-state index contributed by atoms with van der Waals surface area (Å²) < 4.78 is 26.7. The summed E-state index contributed by atoms with van der Waals surface area (Å²) in [6, 6.07) is 23.2. The van der Waals surface area contributed by atoms with E-state index in [4.69, 9.17) is 9.47 Å². The summed E-state index contributed by atoms with van der Waals surface area (Å²) >= 11 is 0. The highest BCUT2D eigenvalue weighted by Crippen LogP contribution is 2.62. The molecule has 4 aromatic carbocycles. The molecule has 3 atom stereocenters. The average molecular weight is 560 g/mol. The molecule has 0 saturated carbocycles. The lowest BCUT2D eigenvalue weighted by Crippen LogP contribution is -2.48. The fourth-order valence-electron chi connectivity index (χ4n) is 7.16. The molecule has 208 valence electrons. The lowest BCUT2D eigenvalue weighted by molar-refractivity contribution is 0.0664. The zero-order valence-electron chi connectivity index (χ0n) is 22.9. The van der Waals surface area contributed by atoms with Crippen molar-refractivity contribution >= 4 is 29.1 Å². The Morgan fingerprint density at radius 1 is 0.833 bits per heavy atom. The van der Waals surface area contributed by atoms with Gasteiger partial charge in [0.25, 0.3) is 0 Å². The Hall–Kier alpha value is -5.04. The number of hydrogen-bond acceptors (Lipinski definition) is 6. The van der Waals surface area contributed by atoms with Crippen LogP contribution in [-0.2, 0) is 0 Å². The first-order chi connectivity index (χ1) is 20.4. The van der Waals surface area contributed by atoms with Crippen LogP contribution in [0.25, 0.3) is 6.08 Å². The van der Waals surface area contributed by atoms with Crippen molar-refractivity contribution in [2.45, 2.75) is 18.0 Å². The second-order valence-corrected chi connectivity index (χ2v) is 10.7. The second kappa shape index (κ2) is 9.52. The molecule has 1 saturated heterocycles. The summed E-state index contributed by atoms with van der Waals surface area (Å²) in [4.78, 5) is 46.1. The third kappa shape index (κ3) is 3.33. The number of halogens is 1. The molecular weight excluding hydrogens is 533 g/mol. The standard InChI is InChI=1S/C35H26FNO5/c1-41-21-16-17-28(42-2)25(19-21)30-31(32(38)24-12-6-7-13-26(24)36)37-27-14-8-3-9-20(27)15-18-29(37)35(30)33(39)22-10-4-5-11-23(22)34(35)40/h3-19,29-31H,1-2H3. The van der Waals surface area contributed by atoms with Gasteiger partial charge >= 0.3 is 0 Å². The summed E-state index contributed by atoms with van der Waals surface area (Å²) in [7, 11) is 3.01. The summed E-state index contributed by atoms with van der Waals surface area (Å²) in [6.45, 7) is 0. The largest absolute Gasteiger partial charge is 0.497 e. The molecule has 3 aliphatic rings. The fraction of sp³-hybridized carbons (Fsp3) is 0.171. The van der Waals surface area contributed by atoms with E-state index in [0.717, 1.165) is 5.56 Å². The van der Waals surface area contributed by atoms with Gasteiger partial charge < -0.3 is 14.4 Å². The van der Waals surface area contributed by atoms with Crippen LogP contribution in [0.3, 0.4) is 0 Å². The van der Waals surface area contributed by atoms with Crippen LogP contribution in [-0.4, -0.2) is 43.7 Å². The minimum absolute atomic E-state index is 0.118. The van der Waals surface area contributed by atoms with E-state index in [0.29, 0.717) is 33.9 Å². The number of hydrogen-bond donors (Lipinski definition) is 0. The fourth-order valence-corrected chi connectivity index (χ4v) is 7.16. The molecule has 0 aromatic heterocycles. The van der Waals surface area contributed by atoms with Crippen molar-refractivity contribution in [2.24, 2.45) is 5.41 Å². The third-order valence-corrected chi connectivity index (χ3v) is 8.89. The smallest absolute Gasteiger partial charge is 0.188 e. The van der Waals surface area contributed by atoms with E-state index in [2.05, 4.69) is 0 Å². The van der Waals surface area contributed by atoms with Crippen LogP contribution in [0.5, 0.6) is 11.5 Å². The Kier molecular flexibility index (Phi) is 5.87. The maximum Gasteiger partial charge on any atom is 0.188 e. The molecule has 0 radical (unpaired) electrons. The highest BCUT2D eigenvalue weighted by Gasteiger charge is 2.72. The number of Topliss-reactive ketones (excluding diaryl/α,β-unsaturated/α-hetero) is 3. The molecule has 0 N–H and O–H groups in total. The summed E-state index contributed by atoms with van der Waals surface area (Å²) in [6.07, 6.45) is 3.72. The van der Waals surface area contributed by atoms with Crippen LogP contribution in [0, 0.1) is 11.2 Å². The average Bonchev–Trinajstić information content (AvgIpc) is 3.46. The van der Waals surface area contributed by atoms with Crippen LogP contribution in [0.15, 0.2) is 97.1 Å². The van der Waals surface area contributed by atoms with Gasteiger partial charge in [-0.2, -0.15) is 0 Å². The number of nitrogens with zero attached hydrogens (tertiary/aromatic N) is 1. The molecule has 1 spiro atoms. The molecular formula is C35H26FNO5. The van der Waals surface area contributed by atoms with Gasteiger partial charge in [0.05, 0.1) is 25.8 Å². The van der Waals surface area contributed by atoms with Crippen molar-refractivity contribution < 1.29 is 28.2 Å². The predicted molar refractivity (Wildman–Crippen MR) is 156 cm³/mol. The van der Waals surface area contributed by atoms with Crippen molar-refractivity contribution in [3.63, 3.8) is 0 Å². The lowest BCUT2D eigenvalue weighted by Gasteiger charge is -2.37. The van der Waals surface area contributed by atoms with Crippen LogP contribution in [0.4, 0.5) is 10.1 Å². The second-order valence-electron chi connectivity index (χ2n) is 10.7. The first kappa shape index (κ1) is 25.9. The quantitative estimate of drug-likeness (QED) is 0.216. The minimum atomic E-state index is -1.74. The molecule has 1 fully saturated rings. The van der Waals surface area contributed by atoms with Crippen molar-refractivity contribution in [3.8, 4) is 11.5 Å². The first-order valence-corrected chi connectivity index (χ1v) is 13.7. The molecule has 42 heavy (non-hydrogen) atoms. The van der Waals surface area contributed by atoms with Crippen LogP contribution >= 0.6 is 0 Å². The molecule has 2 aliphatic heterocycles. The van der Waals surface area contributed by atoms with E-state index in [1.54, 1.807) is 48.5 Å². The highest BCUT2D eigenvalue weighted by atomic mass is 19.1. The summed E-state index contributed by atoms with van der Waals surface area (Å²) in [5, 5.41) is 0. The van der Waals surface area contributed by atoms with Gasteiger partial charge in [-0.3, -0.25) is 14.4 Å². The number of ketones is 3. The van der Waals surface area contributed by atoms with Gasteiger partial charge in [0.1, 0.15) is 28.8 Å². The Morgan fingerprint density at radius 2 is 1.50 bits per heavy atom.